The monoisotopic (exact) mass is 186 g/mol. The van der Waals surface area contributed by atoms with Gasteiger partial charge in [-0.25, -0.2) is 0 Å². The van der Waals surface area contributed by atoms with Gasteiger partial charge in [-0.2, -0.15) is 0 Å². The first-order chi connectivity index (χ1) is 6.84. The van der Waals surface area contributed by atoms with Gasteiger partial charge in [0.15, 0.2) is 0 Å². The zero-order valence-corrected chi connectivity index (χ0v) is 9.30. The van der Waals surface area contributed by atoms with Crippen LogP contribution in [0.25, 0.3) is 5.57 Å². The summed E-state index contributed by atoms with van der Waals surface area (Å²) in [4.78, 5) is 0. The predicted molar refractivity (Wildman–Crippen MR) is 63.9 cm³/mol. The third kappa shape index (κ3) is 4.52. The average molecular weight is 186 g/mol. The van der Waals surface area contributed by atoms with Crippen molar-refractivity contribution in [3.8, 4) is 0 Å². The number of allylic oxidation sites excluding steroid dienone is 3. The Kier molecular flexibility index (Phi) is 7.27. The lowest BCUT2D eigenvalue weighted by Crippen LogP contribution is -1.75. The maximum Gasteiger partial charge on any atom is -0.00367 e. The Balaban J connectivity index is 0.000000791. The number of hydrogen-bond acceptors (Lipinski definition) is 0. The standard InChI is InChI=1S/C12H12.C2H6/c1-3-4-8-11(2)12-9-6-5-7-10-12;1-2/h4,6,8-10H,2-3H2,1H3;1-2H3/b8-4-;. The van der Waals surface area contributed by atoms with E-state index in [0.29, 0.717) is 0 Å². The highest BCUT2D eigenvalue weighted by Crippen LogP contribution is 2.11. The normalized spacial score (nSPS) is 8.79. The first-order valence-electron chi connectivity index (χ1n) is 5.08. The van der Waals surface area contributed by atoms with Crippen LogP contribution in [-0.4, -0.2) is 0 Å². The summed E-state index contributed by atoms with van der Waals surface area (Å²) in [5.41, 5.74) is 2.14. The van der Waals surface area contributed by atoms with Gasteiger partial charge in [0.25, 0.3) is 0 Å². The van der Waals surface area contributed by atoms with Crippen molar-refractivity contribution in [3.05, 3.63) is 54.6 Å². The molecule has 0 radical (unpaired) electrons. The summed E-state index contributed by atoms with van der Waals surface area (Å²) >= 11 is 0. The smallest absolute Gasteiger partial charge is 0.00367 e. The molecule has 0 amide bonds. The van der Waals surface area contributed by atoms with Crippen molar-refractivity contribution >= 4 is 5.57 Å². The van der Waals surface area contributed by atoms with Crippen LogP contribution < -0.4 is 0 Å². The Hall–Kier alpha value is -1.48. The summed E-state index contributed by atoms with van der Waals surface area (Å²) in [6.45, 7) is 10.0. The van der Waals surface area contributed by atoms with E-state index in [1.807, 2.05) is 38.1 Å². The summed E-state index contributed by atoms with van der Waals surface area (Å²) in [5.74, 6) is 0. The molecule has 0 saturated carbocycles. The van der Waals surface area contributed by atoms with Crippen molar-refractivity contribution in [1.29, 1.82) is 0 Å². The van der Waals surface area contributed by atoms with Gasteiger partial charge in [0.1, 0.15) is 0 Å². The molecule has 0 heteroatoms. The molecule has 0 saturated heterocycles. The second kappa shape index (κ2) is 8.13. The molecule has 0 nitrogen and oxygen atoms in total. The topological polar surface area (TPSA) is 0 Å². The van der Waals surface area contributed by atoms with Crippen LogP contribution >= 0.6 is 0 Å². The fraction of sp³-hybridized carbons (Fsp3) is 0.286. The van der Waals surface area contributed by atoms with E-state index in [1.165, 1.54) is 0 Å². The maximum atomic E-state index is 3.94. The Morgan fingerprint density at radius 3 is 2.64 bits per heavy atom. The van der Waals surface area contributed by atoms with Gasteiger partial charge in [0.05, 0.1) is 0 Å². The van der Waals surface area contributed by atoms with Gasteiger partial charge < -0.3 is 0 Å². The summed E-state index contributed by atoms with van der Waals surface area (Å²) in [6.07, 6.45) is 5.17. The van der Waals surface area contributed by atoms with Crippen molar-refractivity contribution in [1.82, 2.24) is 0 Å². The van der Waals surface area contributed by atoms with Crippen LogP contribution in [-0.2, 0) is 0 Å². The van der Waals surface area contributed by atoms with Crippen molar-refractivity contribution in [2.45, 2.75) is 27.2 Å². The van der Waals surface area contributed by atoms with Gasteiger partial charge in [-0.05, 0) is 35.8 Å². The minimum absolute atomic E-state index is 1.03. The third-order valence-electron chi connectivity index (χ3n) is 1.58. The molecule has 0 N–H and O–H groups in total. The molecule has 0 bridgehead atoms. The Labute approximate surface area is 88.0 Å². The van der Waals surface area contributed by atoms with E-state index in [2.05, 4.69) is 31.7 Å². The second-order valence-electron chi connectivity index (χ2n) is 2.56. The van der Waals surface area contributed by atoms with Gasteiger partial charge >= 0.3 is 0 Å². The Bertz CT molecular complexity index is 267. The van der Waals surface area contributed by atoms with E-state index in [1.54, 1.807) is 0 Å². The van der Waals surface area contributed by atoms with Gasteiger partial charge in [-0.3, -0.25) is 0 Å². The van der Waals surface area contributed by atoms with E-state index >= 15 is 0 Å². The third-order valence-corrected chi connectivity index (χ3v) is 1.58. The van der Waals surface area contributed by atoms with E-state index in [0.717, 1.165) is 17.6 Å². The van der Waals surface area contributed by atoms with E-state index in [9.17, 15) is 0 Å². The average Bonchev–Trinajstić information content (AvgIpc) is 2.30. The highest BCUT2D eigenvalue weighted by atomic mass is 13.9. The predicted octanol–water partition coefficient (Wildman–Crippen LogP) is 4.29. The second-order valence-corrected chi connectivity index (χ2v) is 2.56. The molecule has 0 unspecified atom stereocenters. The molecule has 0 spiro atoms. The summed E-state index contributed by atoms with van der Waals surface area (Å²) in [7, 11) is 0. The van der Waals surface area contributed by atoms with E-state index in [4.69, 9.17) is 0 Å². The van der Waals surface area contributed by atoms with Crippen LogP contribution in [0.3, 0.4) is 0 Å². The van der Waals surface area contributed by atoms with Crippen molar-refractivity contribution in [2.75, 3.05) is 0 Å². The quantitative estimate of drug-likeness (QED) is 0.618. The van der Waals surface area contributed by atoms with Crippen molar-refractivity contribution < 1.29 is 0 Å². The molecule has 0 fully saturated rings. The summed E-state index contributed by atoms with van der Waals surface area (Å²) in [6, 6.07) is 11.5. The number of hydrogen-bond donors (Lipinski definition) is 0. The summed E-state index contributed by atoms with van der Waals surface area (Å²) in [5, 5.41) is 0. The molecule has 0 aromatic heterocycles. The van der Waals surface area contributed by atoms with Crippen LogP contribution in [0, 0.1) is 12.1 Å². The van der Waals surface area contributed by atoms with Crippen LogP contribution in [0.5, 0.6) is 0 Å². The summed E-state index contributed by atoms with van der Waals surface area (Å²) < 4.78 is 0. The Morgan fingerprint density at radius 2 is 2.14 bits per heavy atom. The van der Waals surface area contributed by atoms with Gasteiger partial charge in [-0.1, -0.05) is 51.6 Å². The first kappa shape index (κ1) is 12.5. The van der Waals surface area contributed by atoms with E-state index < -0.39 is 0 Å². The lowest BCUT2D eigenvalue weighted by atomic mass is 10.1. The molecular weight excluding hydrogens is 168 g/mol. The highest BCUT2D eigenvalue weighted by Gasteiger charge is 1.90. The van der Waals surface area contributed by atoms with Gasteiger partial charge in [0, 0.05) is 0 Å². The SMILES string of the molecule is C=C(/C=C\CC)c1cc#ccc1.CC. The molecular formula is C14H18. The van der Waals surface area contributed by atoms with Crippen LogP contribution in [0.4, 0.5) is 0 Å². The van der Waals surface area contributed by atoms with Crippen molar-refractivity contribution in [3.63, 3.8) is 0 Å². The lowest BCUT2D eigenvalue weighted by Gasteiger charge is -1.95. The van der Waals surface area contributed by atoms with Crippen molar-refractivity contribution in [2.24, 2.45) is 0 Å². The van der Waals surface area contributed by atoms with Gasteiger partial charge in [-0.15, -0.1) is 0 Å². The fourth-order valence-electron chi connectivity index (χ4n) is 0.903. The number of rotatable bonds is 3. The molecule has 74 valence electrons. The molecule has 1 rings (SSSR count). The Morgan fingerprint density at radius 1 is 1.43 bits per heavy atom. The molecule has 0 aliphatic carbocycles. The molecule has 0 aliphatic rings. The zero-order valence-electron chi connectivity index (χ0n) is 9.30. The minimum Gasteiger partial charge on any atom is -0.0911 e. The highest BCUT2D eigenvalue weighted by molar-refractivity contribution is 5.71. The molecule has 0 atom stereocenters. The molecule has 0 heterocycles. The van der Waals surface area contributed by atoms with Crippen LogP contribution in [0.1, 0.15) is 32.8 Å². The first-order valence-corrected chi connectivity index (χ1v) is 5.08. The van der Waals surface area contributed by atoms with Gasteiger partial charge in [0.2, 0.25) is 0 Å². The fourth-order valence-corrected chi connectivity index (χ4v) is 0.903. The minimum atomic E-state index is 1.03. The van der Waals surface area contributed by atoms with E-state index in [-0.39, 0.29) is 0 Å². The van der Waals surface area contributed by atoms with Crippen LogP contribution in [0.2, 0.25) is 0 Å². The van der Waals surface area contributed by atoms with Crippen LogP contribution in [0.15, 0.2) is 36.9 Å². The molecule has 1 aromatic carbocycles. The molecule has 14 heavy (non-hydrogen) atoms. The molecule has 1 aromatic rings. The maximum absolute atomic E-state index is 3.94. The molecule has 0 aliphatic heterocycles. The largest absolute Gasteiger partial charge is 0.0911 e. The lowest BCUT2D eigenvalue weighted by molar-refractivity contribution is 1.23. The zero-order chi connectivity index (χ0) is 10.8.